The molecule has 0 amide bonds. The van der Waals surface area contributed by atoms with Gasteiger partial charge in [0.25, 0.3) is 0 Å². The van der Waals surface area contributed by atoms with Crippen LogP contribution in [0.15, 0.2) is 60.7 Å². The molecule has 1 heteroatoms. The quantitative estimate of drug-likeness (QED) is 0.744. The predicted molar refractivity (Wildman–Crippen MR) is 86.0 cm³/mol. The van der Waals surface area contributed by atoms with Crippen molar-refractivity contribution < 1.29 is 4.74 Å². The molecule has 20 heavy (non-hydrogen) atoms. The van der Waals surface area contributed by atoms with E-state index in [1.54, 1.807) is 7.11 Å². The van der Waals surface area contributed by atoms with Crippen molar-refractivity contribution in [2.24, 2.45) is 5.41 Å². The number of allylic oxidation sites excluding steroid dienone is 1. The van der Waals surface area contributed by atoms with Gasteiger partial charge >= 0.3 is 0 Å². The summed E-state index contributed by atoms with van der Waals surface area (Å²) in [6.45, 7) is 6.66. The van der Waals surface area contributed by atoms with Gasteiger partial charge in [-0.2, -0.15) is 0 Å². The van der Waals surface area contributed by atoms with Crippen LogP contribution in [0, 0.1) is 5.41 Å². The van der Waals surface area contributed by atoms with Crippen LogP contribution >= 0.6 is 0 Å². The molecule has 0 fully saturated rings. The molecule has 0 unspecified atom stereocenters. The Morgan fingerprint density at radius 3 is 2.15 bits per heavy atom. The third kappa shape index (κ3) is 3.74. The van der Waals surface area contributed by atoms with Gasteiger partial charge in [-0.1, -0.05) is 69.3 Å². The molecule has 2 aromatic carbocycles. The maximum Gasteiger partial charge on any atom is 0.119 e. The van der Waals surface area contributed by atoms with Crippen molar-refractivity contribution in [1.29, 1.82) is 0 Å². The molecule has 0 radical (unpaired) electrons. The molecular formula is C19H22O. The van der Waals surface area contributed by atoms with E-state index < -0.39 is 0 Å². The van der Waals surface area contributed by atoms with Gasteiger partial charge in [-0.15, -0.1) is 0 Å². The Kier molecular flexibility index (Phi) is 4.29. The summed E-state index contributed by atoms with van der Waals surface area (Å²) in [5.41, 5.74) is 3.78. The van der Waals surface area contributed by atoms with Gasteiger partial charge in [0.15, 0.2) is 0 Å². The second kappa shape index (κ2) is 5.96. The zero-order chi connectivity index (χ0) is 14.6. The topological polar surface area (TPSA) is 9.23 Å². The predicted octanol–water partition coefficient (Wildman–Crippen LogP) is 5.17. The van der Waals surface area contributed by atoms with Crippen LogP contribution in [0.4, 0.5) is 0 Å². The number of ether oxygens (including phenoxy) is 1. The lowest BCUT2D eigenvalue weighted by molar-refractivity contribution is 0.414. The molecule has 2 rings (SSSR count). The van der Waals surface area contributed by atoms with Gasteiger partial charge in [-0.05, 0) is 34.2 Å². The highest BCUT2D eigenvalue weighted by atomic mass is 16.5. The summed E-state index contributed by atoms with van der Waals surface area (Å²) in [7, 11) is 1.70. The summed E-state index contributed by atoms with van der Waals surface area (Å²) in [4.78, 5) is 0. The normalized spacial score (nSPS) is 12.3. The molecule has 0 saturated carbocycles. The first kappa shape index (κ1) is 14.4. The fourth-order valence-corrected chi connectivity index (χ4v) is 2.17. The minimum atomic E-state index is 0.119. The van der Waals surface area contributed by atoms with E-state index in [1.165, 1.54) is 16.7 Å². The summed E-state index contributed by atoms with van der Waals surface area (Å²) in [5, 5.41) is 0. The third-order valence-electron chi connectivity index (χ3n) is 3.04. The summed E-state index contributed by atoms with van der Waals surface area (Å²) in [6, 6.07) is 18.7. The monoisotopic (exact) mass is 266 g/mol. The number of benzene rings is 2. The molecule has 0 bridgehead atoms. The fraction of sp³-hybridized carbons (Fsp3) is 0.263. The van der Waals surface area contributed by atoms with Crippen molar-refractivity contribution in [3.63, 3.8) is 0 Å². The highest BCUT2D eigenvalue weighted by Crippen LogP contribution is 2.30. The molecule has 0 aliphatic carbocycles. The maximum absolute atomic E-state index is 5.34. The SMILES string of the molecule is COc1cccc(/C(=C/C(C)(C)C)c2ccccc2)c1. The molecule has 0 atom stereocenters. The van der Waals surface area contributed by atoms with E-state index in [9.17, 15) is 0 Å². The Morgan fingerprint density at radius 2 is 1.55 bits per heavy atom. The molecule has 1 nitrogen and oxygen atoms in total. The first-order valence-electron chi connectivity index (χ1n) is 6.92. The van der Waals surface area contributed by atoms with E-state index in [2.05, 4.69) is 63.2 Å². The van der Waals surface area contributed by atoms with Gasteiger partial charge in [0.1, 0.15) is 5.75 Å². The molecule has 0 aromatic heterocycles. The smallest absolute Gasteiger partial charge is 0.119 e. The molecular weight excluding hydrogens is 244 g/mol. The van der Waals surface area contributed by atoms with Crippen LogP contribution in [0.1, 0.15) is 31.9 Å². The van der Waals surface area contributed by atoms with E-state index >= 15 is 0 Å². The lowest BCUT2D eigenvalue weighted by atomic mass is 9.88. The molecule has 2 aromatic rings. The van der Waals surface area contributed by atoms with Gasteiger partial charge in [0.05, 0.1) is 7.11 Å². The van der Waals surface area contributed by atoms with E-state index in [4.69, 9.17) is 4.74 Å². The maximum atomic E-state index is 5.34. The van der Waals surface area contributed by atoms with Crippen LogP contribution in [0.2, 0.25) is 0 Å². The number of rotatable bonds is 3. The van der Waals surface area contributed by atoms with Crippen LogP contribution in [-0.4, -0.2) is 7.11 Å². The third-order valence-corrected chi connectivity index (χ3v) is 3.04. The molecule has 0 N–H and O–H groups in total. The van der Waals surface area contributed by atoms with E-state index in [1.807, 2.05) is 18.2 Å². The Morgan fingerprint density at radius 1 is 0.900 bits per heavy atom. The summed E-state index contributed by atoms with van der Waals surface area (Å²) >= 11 is 0. The second-order valence-corrected chi connectivity index (χ2v) is 6.02. The van der Waals surface area contributed by atoms with Crippen LogP contribution in [0.25, 0.3) is 5.57 Å². The zero-order valence-electron chi connectivity index (χ0n) is 12.7. The Labute approximate surface area is 121 Å². The van der Waals surface area contributed by atoms with Crippen LogP contribution < -0.4 is 4.74 Å². The molecule has 0 heterocycles. The number of hydrogen-bond donors (Lipinski definition) is 0. The highest BCUT2D eigenvalue weighted by molar-refractivity contribution is 5.80. The van der Waals surface area contributed by atoms with Gasteiger partial charge < -0.3 is 4.74 Å². The van der Waals surface area contributed by atoms with E-state index in [0.29, 0.717) is 0 Å². The second-order valence-electron chi connectivity index (χ2n) is 6.02. The minimum absolute atomic E-state index is 0.119. The fourth-order valence-electron chi connectivity index (χ4n) is 2.17. The van der Waals surface area contributed by atoms with Gasteiger partial charge in [0.2, 0.25) is 0 Å². The Balaban J connectivity index is 2.55. The lowest BCUT2D eigenvalue weighted by Crippen LogP contribution is -2.02. The summed E-state index contributed by atoms with van der Waals surface area (Å²) < 4.78 is 5.34. The van der Waals surface area contributed by atoms with E-state index in [-0.39, 0.29) is 5.41 Å². The van der Waals surface area contributed by atoms with Crippen LogP contribution in [0.5, 0.6) is 5.75 Å². The average molecular weight is 266 g/mol. The van der Waals surface area contributed by atoms with Crippen molar-refractivity contribution in [2.75, 3.05) is 7.11 Å². The van der Waals surface area contributed by atoms with Crippen molar-refractivity contribution in [3.05, 3.63) is 71.8 Å². The molecule has 0 aliphatic heterocycles. The molecule has 0 aliphatic rings. The van der Waals surface area contributed by atoms with Gasteiger partial charge in [-0.25, -0.2) is 0 Å². The van der Waals surface area contributed by atoms with Crippen molar-refractivity contribution in [1.82, 2.24) is 0 Å². The average Bonchev–Trinajstić information content (AvgIpc) is 2.45. The minimum Gasteiger partial charge on any atom is -0.497 e. The van der Waals surface area contributed by atoms with Crippen LogP contribution in [-0.2, 0) is 0 Å². The van der Waals surface area contributed by atoms with Crippen molar-refractivity contribution >= 4 is 5.57 Å². The lowest BCUT2D eigenvalue weighted by Gasteiger charge is -2.18. The molecule has 0 saturated heterocycles. The molecule has 104 valence electrons. The first-order valence-corrected chi connectivity index (χ1v) is 6.92. The number of hydrogen-bond acceptors (Lipinski definition) is 1. The Bertz CT molecular complexity index is 589. The Hall–Kier alpha value is -2.02. The van der Waals surface area contributed by atoms with E-state index in [0.717, 1.165) is 5.75 Å². The largest absolute Gasteiger partial charge is 0.497 e. The zero-order valence-corrected chi connectivity index (χ0v) is 12.7. The highest BCUT2D eigenvalue weighted by Gasteiger charge is 2.12. The molecule has 0 spiro atoms. The summed E-state index contributed by atoms with van der Waals surface area (Å²) in [5.74, 6) is 0.887. The summed E-state index contributed by atoms with van der Waals surface area (Å²) in [6.07, 6.45) is 2.32. The number of methoxy groups -OCH3 is 1. The first-order chi connectivity index (χ1) is 9.49. The van der Waals surface area contributed by atoms with Crippen LogP contribution in [0.3, 0.4) is 0 Å². The standard InChI is InChI=1S/C19H22O/c1-19(2,3)14-18(15-9-6-5-7-10-15)16-11-8-12-17(13-16)20-4/h5-14H,1-4H3/b18-14+. The van der Waals surface area contributed by atoms with Gasteiger partial charge in [-0.3, -0.25) is 0 Å². The van der Waals surface area contributed by atoms with Gasteiger partial charge in [0, 0.05) is 0 Å². The van der Waals surface area contributed by atoms with Crippen molar-refractivity contribution in [3.8, 4) is 5.75 Å². The van der Waals surface area contributed by atoms with Crippen molar-refractivity contribution in [2.45, 2.75) is 20.8 Å².